The van der Waals surface area contributed by atoms with E-state index in [4.69, 9.17) is 19.1 Å². The molecule has 0 heterocycles. The molecule has 0 bridgehead atoms. The van der Waals surface area contributed by atoms with E-state index in [-0.39, 0.29) is 19.4 Å². The highest BCUT2D eigenvalue weighted by Crippen LogP contribution is 2.43. The second-order valence-electron chi connectivity index (χ2n) is 15.4. The maximum atomic E-state index is 12.6. The number of rotatable bonds is 43. The number of hydrogen-bond donors (Lipinski definition) is 3. The van der Waals surface area contributed by atoms with Crippen molar-refractivity contribution in [2.24, 2.45) is 0 Å². The summed E-state index contributed by atoms with van der Waals surface area (Å²) in [6.45, 7) is 2.38. The number of hydrogen-bond acceptors (Lipinski definition) is 9. The van der Waals surface area contributed by atoms with Gasteiger partial charge in [0.25, 0.3) is 0 Å². The van der Waals surface area contributed by atoms with Crippen molar-refractivity contribution in [2.45, 2.75) is 232 Å². The molecule has 11 heteroatoms. The Morgan fingerprint density at radius 1 is 0.527 bits per heavy atom. The third kappa shape index (κ3) is 40.7. The SMILES string of the molecule is CCCCCCCCCC/C=C\CCCCCCCCCCCCCC(=O)OC(COC(=O)CCCCCCCCCCC)COP(=O)(O)OCC(O)CO. The molecule has 0 aromatic heterocycles. The lowest BCUT2D eigenvalue weighted by Crippen LogP contribution is -2.29. The maximum Gasteiger partial charge on any atom is 0.472 e. The van der Waals surface area contributed by atoms with Crippen molar-refractivity contribution < 1.29 is 47.8 Å². The smallest absolute Gasteiger partial charge is 0.462 e. The molecule has 10 nitrogen and oxygen atoms in total. The predicted molar refractivity (Wildman–Crippen MR) is 224 cm³/mol. The molecule has 0 saturated carbocycles. The maximum absolute atomic E-state index is 12.6. The van der Waals surface area contributed by atoms with Crippen LogP contribution < -0.4 is 0 Å². The first kappa shape index (κ1) is 53.7. The van der Waals surface area contributed by atoms with E-state index in [0.29, 0.717) is 12.8 Å². The molecule has 55 heavy (non-hydrogen) atoms. The third-order valence-electron chi connectivity index (χ3n) is 9.92. The summed E-state index contributed by atoms with van der Waals surface area (Å²) in [7, 11) is -4.61. The summed E-state index contributed by atoms with van der Waals surface area (Å²) in [6.07, 6.45) is 39.1. The monoisotopic (exact) mass is 805 g/mol. The molecule has 0 fully saturated rings. The number of aliphatic hydroxyl groups excluding tert-OH is 2. The summed E-state index contributed by atoms with van der Waals surface area (Å²) < 4.78 is 32.7. The lowest BCUT2D eigenvalue weighted by Gasteiger charge is -2.20. The van der Waals surface area contributed by atoms with E-state index in [9.17, 15) is 24.2 Å². The Labute approximate surface area is 336 Å². The van der Waals surface area contributed by atoms with Crippen molar-refractivity contribution in [3.63, 3.8) is 0 Å². The van der Waals surface area contributed by atoms with E-state index < -0.39 is 51.8 Å². The highest BCUT2D eigenvalue weighted by molar-refractivity contribution is 7.47. The van der Waals surface area contributed by atoms with Crippen LogP contribution in [-0.2, 0) is 32.7 Å². The quantitative estimate of drug-likeness (QED) is 0.0235. The lowest BCUT2D eigenvalue weighted by molar-refractivity contribution is -0.161. The molecule has 0 saturated heterocycles. The Bertz CT molecular complexity index is 930. The minimum absolute atomic E-state index is 0.188. The van der Waals surface area contributed by atoms with Gasteiger partial charge in [-0.2, -0.15) is 0 Å². The normalized spacial score (nSPS) is 13.9. The van der Waals surface area contributed by atoms with E-state index in [1.54, 1.807) is 0 Å². The van der Waals surface area contributed by atoms with Gasteiger partial charge >= 0.3 is 19.8 Å². The lowest BCUT2D eigenvalue weighted by atomic mass is 10.0. The molecule has 3 N–H and O–H groups in total. The summed E-state index contributed by atoms with van der Waals surface area (Å²) >= 11 is 0. The zero-order valence-corrected chi connectivity index (χ0v) is 36.3. The van der Waals surface area contributed by atoms with Crippen LogP contribution in [0.15, 0.2) is 12.2 Å². The fraction of sp³-hybridized carbons (Fsp3) is 0.909. The average molecular weight is 805 g/mol. The van der Waals surface area contributed by atoms with Gasteiger partial charge in [0.2, 0.25) is 0 Å². The number of carbonyl (C=O) groups excluding carboxylic acids is 2. The van der Waals surface area contributed by atoms with Crippen LogP contribution in [0.4, 0.5) is 0 Å². The zero-order chi connectivity index (χ0) is 40.5. The topological polar surface area (TPSA) is 149 Å². The van der Waals surface area contributed by atoms with Crippen molar-refractivity contribution in [3.05, 3.63) is 12.2 Å². The van der Waals surface area contributed by atoms with E-state index in [1.165, 1.54) is 141 Å². The number of ether oxygens (including phenoxy) is 2. The standard InChI is InChI=1S/C44H85O10P/c1-3-5-7-9-11-13-14-15-16-17-18-19-20-21-22-23-24-25-26-28-30-32-34-36-44(48)54-42(40-53-55(49,50)52-38-41(46)37-45)39-51-43(47)35-33-31-29-27-12-10-8-6-4-2/h17-18,41-42,45-46H,3-16,19-40H2,1-2H3,(H,49,50)/b18-17-. The van der Waals surface area contributed by atoms with Gasteiger partial charge in [-0.3, -0.25) is 18.6 Å². The number of unbranched alkanes of at least 4 members (excludes halogenated alkanes) is 27. The van der Waals surface area contributed by atoms with Gasteiger partial charge < -0.3 is 24.6 Å². The fourth-order valence-electron chi connectivity index (χ4n) is 6.40. The first-order valence-corrected chi connectivity index (χ1v) is 24.1. The van der Waals surface area contributed by atoms with Crippen LogP contribution in [-0.4, -0.2) is 65.7 Å². The number of aliphatic hydroxyl groups is 2. The molecular weight excluding hydrogens is 719 g/mol. The van der Waals surface area contributed by atoms with Gasteiger partial charge in [0.05, 0.1) is 19.8 Å². The second kappa shape index (κ2) is 40.9. The molecule has 0 aliphatic carbocycles. The first-order chi connectivity index (χ1) is 26.7. The molecule has 0 amide bonds. The zero-order valence-electron chi connectivity index (χ0n) is 35.4. The molecule has 0 aromatic rings. The Morgan fingerprint density at radius 2 is 0.891 bits per heavy atom. The van der Waals surface area contributed by atoms with Crippen molar-refractivity contribution in [3.8, 4) is 0 Å². The van der Waals surface area contributed by atoms with Crippen LogP contribution in [0, 0.1) is 0 Å². The minimum Gasteiger partial charge on any atom is -0.462 e. The third-order valence-corrected chi connectivity index (χ3v) is 10.9. The number of carbonyl (C=O) groups is 2. The van der Waals surface area contributed by atoms with Gasteiger partial charge in [-0.25, -0.2) is 4.57 Å². The van der Waals surface area contributed by atoms with Crippen LogP contribution in [0.3, 0.4) is 0 Å². The van der Waals surface area contributed by atoms with Gasteiger partial charge in [0.1, 0.15) is 12.7 Å². The Kier molecular flexibility index (Phi) is 39.9. The van der Waals surface area contributed by atoms with Gasteiger partial charge in [-0.05, 0) is 38.5 Å². The highest BCUT2D eigenvalue weighted by atomic mass is 31.2. The van der Waals surface area contributed by atoms with Crippen LogP contribution in [0.5, 0.6) is 0 Å². The van der Waals surface area contributed by atoms with Crippen molar-refractivity contribution in [1.29, 1.82) is 0 Å². The minimum atomic E-state index is -4.61. The first-order valence-electron chi connectivity index (χ1n) is 22.6. The molecule has 0 aliphatic rings. The molecule has 326 valence electrons. The largest absolute Gasteiger partial charge is 0.472 e. The number of esters is 2. The molecule has 3 atom stereocenters. The Hall–Kier alpha value is -1.29. The molecule has 0 radical (unpaired) electrons. The van der Waals surface area contributed by atoms with Crippen LogP contribution in [0.1, 0.15) is 219 Å². The van der Waals surface area contributed by atoms with Crippen LogP contribution >= 0.6 is 7.82 Å². The van der Waals surface area contributed by atoms with Crippen molar-refractivity contribution >= 4 is 19.8 Å². The molecule has 0 aliphatic heterocycles. The molecular formula is C44H85O10P. The molecule has 0 rings (SSSR count). The Balaban J connectivity index is 4.11. The number of phosphoric acid groups is 1. The summed E-state index contributed by atoms with van der Waals surface area (Å²) in [6, 6.07) is 0. The summed E-state index contributed by atoms with van der Waals surface area (Å²) in [5, 5.41) is 18.3. The van der Waals surface area contributed by atoms with E-state index in [2.05, 4.69) is 30.5 Å². The summed E-state index contributed by atoms with van der Waals surface area (Å²) in [4.78, 5) is 34.9. The average Bonchev–Trinajstić information content (AvgIpc) is 3.17. The fourth-order valence-corrected chi connectivity index (χ4v) is 7.19. The Morgan fingerprint density at radius 3 is 1.31 bits per heavy atom. The van der Waals surface area contributed by atoms with Gasteiger partial charge in [0, 0.05) is 12.8 Å². The molecule has 0 aromatic carbocycles. The van der Waals surface area contributed by atoms with Gasteiger partial charge in [-0.1, -0.05) is 180 Å². The number of allylic oxidation sites excluding steroid dienone is 2. The molecule has 0 spiro atoms. The highest BCUT2D eigenvalue weighted by Gasteiger charge is 2.27. The van der Waals surface area contributed by atoms with E-state index >= 15 is 0 Å². The van der Waals surface area contributed by atoms with E-state index in [1.807, 2.05) is 0 Å². The number of phosphoric ester groups is 1. The summed E-state index contributed by atoms with van der Waals surface area (Å²) in [5.74, 6) is -0.919. The van der Waals surface area contributed by atoms with Gasteiger partial charge in [0.15, 0.2) is 6.10 Å². The van der Waals surface area contributed by atoms with Crippen molar-refractivity contribution in [1.82, 2.24) is 0 Å². The van der Waals surface area contributed by atoms with Crippen LogP contribution in [0.25, 0.3) is 0 Å². The van der Waals surface area contributed by atoms with Gasteiger partial charge in [-0.15, -0.1) is 0 Å². The summed E-state index contributed by atoms with van der Waals surface area (Å²) in [5.41, 5.74) is 0. The molecule has 3 unspecified atom stereocenters. The van der Waals surface area contributed by atoms with Crippen LogP contribution in [0.2, 0.25) is 0 Å². The van der Waals surface area contributed by atoms with Crippen molar-refractivity contribution in [2.75, 3.05) is 26.4 Å². The second-order valence-corrected chi connectivity index (χ2v) is 16.9. The van der Waals surface area contributed by atoms with E-state index in [0.717, 1.165) is 38.5 Å². The predicted octanol–water partition coefficient (Wildman–Crippen LogP) is 12.0.